The van der Waals surface area contributed by atoms with Crippen LogP contribution in [0, 0.1) is 5.92 Å². The van der Waals surface area contributed by atoms with E-state index < -0.39 is 5.97 Å². The fourth-order valence-corrected chi connectivity index (χ4v) is 1.19. The molecule has 0 aromatic rings. The maximum absolute atomic E-state index is 11.6. The van der Waals surface area contributed by atoms with Gasteiger partial charge in [0.15, 0.2) is 0 Å². The normalized spacial score (nSPS) is 12.2. The van der Waals surface area contributed by atoms with Crippen molar-refractivity contribution in [2.75, 3.05) is 13.6 Å². The number of aliphatic carboxylic acids is 1. The molecule has 1 atom stereocenters. The molecule has 4 heteroatoms. The van der Waals surface area contributed by atoms with Crippen molar-refractivity contribution < 1.29 is 14.7 Å². The van der Waals surface area contributed by atoms with Crippen LogP contribution in [0.2, 0.25) is 0 Å². The molecule has 0 heterocycles. The lowest BCUT2D eigenvalue weighted by Crippen LogP contribution is -2.29. The van der Waals surface area contributed by atoms with Gasteiger partial charge in [0.25, 0.3) is 0 Å². The van der Waals surface area contributed by atoms with Crippen LogP contribution in [0.1, 0.15) is 39.5 Å². The summed E-state index contributed by atoms with van der Waals surface area (Å²) in [4.78, 5) is 23.5. The van der Waals surface area contributed by atoms with Crippen LogP contribution in [0.3, 0.4) is 0 Å². The molecule has 0 aliphatic carbocycles. The Balaban J connectivity index is 3.74. The summed E-state index contributed by atoms with van der Waals surface area (Å²) in [6, 6.07) is 0. The minimum atomic E-state index is -0.808. The van der Waals surface area contributed by atoms with Crippen molar-refractivity contribution in [1.82, 2.24) is 4.90 Å². The SMILES string of the molecule is CCC(C)CC(=O)N(C)CCCC(=O)O. The first-order valence-electron chi connectivity index (χ1n) is 5.43. The highest BCUT2D eigenvalue weighted by Crippen LogP contribution is 2.08. The van der Waals surface area contributed by atoms with Gasteiger partial charge in [-0.2, -0.15) is 0 Å². The Morgan fingerprint density at radius 1 is 1.40 bits per heavy atom. The van der Waals surface area contributed by atoms with Gasteiger partial charge < -0.3 is 10.0 Å². The van der Waals surface area contributed by atoms with E-state index in [0.29, 0.717) is 25.3 Å². The molecular weight excluding hydrogens is 194 g/mol. The molecule has 0 aromatic carbocycles. The first kappa shape index (κ1) is 13.9. The molecule has 0 saturated carbocycles. The van der Waals surface area contributed by atoms with Gasteiger partial charge in [-0.15, -0.1) is 0 Å². The molecule has 0 aliphatic heterocycles. The van der Waals surface area contributed by atoms with E-state index >= 15 is 0 Å². The van der Waals surface area contributed by atoms with Crippen molar-refractivity contribution >= 4 is 11.9 Å². The number of hydrogen-bond donors (Lipinski definition) is 1. The Morgan fingerprint density at radius 3 is 2.47 bits per heavy atom. The Labute approximate surface area is 91.3 Å². The molecule has 0 spiro atoms. The van der Waals surface area contributed by atoms with Gasteiger partial charge >= 0.3 is 5.97 Å². The number of rotatable bonds is 7. The topological polar surface area (TPSA) is 57.6 Å². The highest BCUT2D eigenvalue weighted by Gasteiger charge is 2.12. The average molecular weight is 215 g/mol. The standard InChI is InChI=1S/C11H21NO3/c1-4-9(2)8-10(13)12(3)7-5-6-11(14)15/h9H,4-8H2,1-3H3,(H,14,15). The zero-order valence-electron chi connectivity index (χ0n) is 9.82. The van der Waals surface area contributed by atoms with E-state index in [4.69, 9.17) is 5.11 Å². The maximum atomic E-state index is 11.6. The minimum absolute atomic E-state index is 0.106. The molecule has 0 aliphatic rings. The third kappa shape index (κ3) is 6.94. The van der Waals surface area contributed by atoms with E-state index in [2.05, 4.69) is 6.92 Å². The Hall–Kier alpha value is -1.06. The molecule has 1 unspecified atom stereocenters. The molecule has 0 radical (unpaired) electrons. The van der Waals surface area contributed by atoms with Gasteiger partial charge in [-0.3, -0.25) is 9.59 Å². The number of carbonyl (C=O) groups is 2. The van der Waals surface area contributed by atoms with Crippen LogP contribution in [-0.4, -0.2) is 35.5 Å². The molecule has 15 heavy (non-hydrogen) atoms. The summed E-state index contributed by atoms with van der Waals surface area (Å²) in [6.07, 6.45) is 2.20. The third-order valence-electron chi connectivity index (χ3n) is 2.53. The predicted molar refractivity (Wildman–Crippen MR) is 58.6 cm³/mol. The Bertz CT molecular complexity index is 216. The first-order valence-corrected chi connectivity index (χ1v) is 5.43. The predicted octanol–water partition coefficient (Wildman–Crippen LogP) is 1.75. The highest BCUT2D eigenvalue weighted by atomic mass is 16.4. The van der Waals surface area contributed by atoms with Crippen LogP contribution in [0.5, 0.6) is 0 Å². The van der Waals surface area contributed by atoms with Gasteiger partial charge in [0, 0.05) is 26.4 Å². The highest BCUT2D eigenvalue weighted by molar-refractivity contribution is 5.76. The van der Waals surface area contributed by atoms with Crippen molar-refractivity contribution in [3.05, 3.63) is 0 Å². The monoisotopic (exact) mass is 215 g/mol. The van der Waals surface area contributed by atoms with Crippen LogP contribution in [0.4, 0.5) is 0 Å². The van der Waals surface area contributed by atoms with Gasteiger partial charge in [0.1, 0.15) is 0 Å². The van der Waals surface area contributed by atoms with Gasteiger partial charge in [-0.25, -0.2) is 0 Å². The molecule has 88 valence electrons. The second-order valence-corrected chi connectivity index (χ2v) is 4.03. The summed E-state index contributed by atoms with van der Waals surface area (Å²) < 4.78 is 0. The molecule has 1 N–H and O–H groups in total. The van der Waals surface area contributed by atoms with Crippen LogP contribution < -0.4 is 0 Å². The first-order chi connectivity index (χ1) is 6.97. The van der Waals surface area contributed by atoms with Gasteiger partial charge in [-0.05, 0) is 12.3 Å². The average Bonchev–Trinajstić information content (AvgIpc) is 2.16. The van der Waals surface area contributed by atoms with E-state index in [1.807, 2.05) is 6.92 Å². The molecule has 0 aromatic heterocycles. The molecule has 0 fully saturated rings. The summed E-state index contributed by atoms with van der Waals surface area (Å²) in [5.74, 6) is -0.299. The number of nitrogens with zero attached hydrogens (tertiary/aromatic N) is 1. The zero-order chi connectivity index (χ0) is 11.8. The molecule has 0 saturated heterocycles. The van der Waals surface area contributed by atoms with Crippen LogP contribution >= 0.6 is 0 Å². The lowest BCUT2D eigenvalue weighted by molar-refractivity contribution is -0.138. The number of carboxylic acids is 1. The molecule has 4 nitrogen and oxygen atoms in total. The lowest BCUT2D eigenvalue weighted by atomic mass is 10.0. The van der Waals surface area contributed by atoms with E-state index in [-0.39, 0.29) is 12.3 Å². The minimum Gasteiger partial charge on any atom is -0.481 e. The number of hydrogen-bond acceptors (Lipinski definition) is 2. The summed E-state index contributed by atoms with van der Waals surface area (Å²) in [5, 5.41) is 8.45. The van der Waals surface area contributed by atoms with E-state index in [9.17, 15) is 9.59 Å². The summed E-state index contributed by atoms with van der Waals surface area (Å²) >= 11 is 0. The summed E-state index contributed by atoms with van der Waals surface area (Å²) in [6.45, 7) is 4.63. The van der Waals surface area contributed by atoms with Crippen LogP contribution in [-0.2, 0) is 9.59 Å². The largest absolute Gasteiger partial charge is 0.481 e. The Kier molecular flexibility index (Phi) is 6.75. The fourth-order valence-electron chi connectivity index (χ4n) is 1.19. The second kappa shape index (κ2) is 7.26. The van der Waals surface area contributed by atoms with Crippen LogP contribution in [0.15, 0.2) is 0 Å². The smallest absolute Gasteiger partial charge is 0.303 e. The fraction of sp³-hybridized carbons (Fsp3) is 0.818. The van der Waals surface area contributed by atoms with E-state index in [0.717, 1.165) is 6.42 Å². The second-order valence-electron chi connectivity index (χ2n) is 4.03. The zero-order valence-corrected chi connectivity index (χ0v) is 9.82. The number of carboxylic acid groups (broad SMARTS) is 1. The number of amides is 1. The summed E-state index contributed by atoms with van der Waals surface area (Å²) in [7, 11) is 1.73. The van der Waals surface area contributed by atoms with E-state index in [1.54, 1.807) is 11.9 Å². The molecular formula is C11H21NO3. The summed E-state index contributed by atoms with van der Waals surface area (Å²) in [5.41, 5.74) is 0. The third-order valence-corrected chi connectivity index (χ3v) is 2.53. The van der Waals surface area contributed by atoms with Gasteiger partial charge in [0.05, 0.1) is 0 Å². The van der Waals surface area contributed by atoms with Crippen LogP contribution in [0.25, 0.3) is 0 Å². The Morgan fingerprint density at radius 2 is 2.00 bits per heavy atom. The van der Waals surface area contributed by atoms with Crippen molar-refractivity contribution in [1.29, 1.82) is 0 Å². The number of carbonyl (C=O) groups excluding carboxylic acids is 1. The van der Waals surface area contributed by atoms with Crippen molar-refractivity contribution in [2.24, 2.45) is 5.92 Å². The van der Waals surface area contributed by atoms with Crippen molar-refractivity contribution in [3.63, 3.8) is 0 Å². The van der Waals surface area contributed by atoms with Crippen molar-refractivity contribution in [3.8, 4) is 0 Å². The quantitative estimate of drug-likeness (QED) is 0.703. The van der Waals surface area contributed by atoms with Crippen molar-refractivity contribution in [2.45, 2.75) is 39.5 Å². The van der Waals surface area contributed by atoms with Gasteiger partial charge in [0.2, 0.25) is 5.91 Å². The molecule has 0 rings (SSSR count). The maximum Gasteiger partial charge on any atom is 0.303 e. The molecule has 0 bridgehead atoms. The lowest BCUT2D eigenvalue weighted by Gasteiger charge is -2.18. The van der Waals surface area contributed by atoms with Gasteiger partial charge in [-0.1, -0.05) is 20.3 Å². The molecule has 1 amide bonds. The van der Waals surface area contributed by atoms with E-state index in [1.165, 1.54) is 0 Å².